The molecule has 0 aliphatic carbocycles. The van der Waals surface area contributed by atoms with Crippen LogP contribution in [0.4, 0.5) is 0 Å². The molecule has 0 aliphatic rings. The van der Waals surface area contributed by atoms with Crippen LogP contribution in [0.3, 0.4) is 0 Å². The fourth-order valence-electron chi connectivity index (χ4n) is 3.35. The Morgan fingerprint density at radius 2 is 1.56 bits per heavy atom. The predicted molar refractivity (Wildman–Crippen MR) is 126 cm³/mol. The summed E-state index contributed by atoms with van der Waals surface area (Å²) in [6.45, 7) is 0.430. The summed E-state index contributed by atoms with van der Waals surface area (Å²) in [6.07, 6.45) is 2.97. The van der Waals surface area contributed by atoms with E-state index in [0.29, 0.717) is 12.1 Å². The number of ether oxygens (including phenoxy) is 1. The molecule has 0 unspecified atom stereocenters. The Balaban J connectivity index is 1.74. The molecule has 166 valence electrons. The maximum atomic E-state index is 12.5. The van der Waals surface area contributed by atoms with E-state index in [0.717, 1.165) is 11.1 Å². The van der Waals surface area contributed by atoms with Crippen LogP contribution in [0.2, 0.25) is 0 Å². The van der Waals surface area contributed by atoms with Gasteiger partial charge in [0, 0.05) is 18.5 Å². The molecule has 0 spiro atoms. The molecule has 6 nitrogen and oxygen atoms in total. The number of rotatable bonds is 9. The van der Waals surface area contributed by atoms with Crippen LogP contribution >= 0.6 is 0 Å². The topological polar surface area (TPSA) is 84.5 Å². The van der Waals surface area contributed by atoms with Crippen LogP contribution in [-0.4, -0.2) is 35.0 Å². The van der Waals surface area contributed by atoms with Gasteiger partial charge < -0.3 is 10.1 Å². The van der Waals surface area contributed by atoms with Gasteiger partial charge in [-0.15, -0.1) is 0 Å². The number of nitrogens with one attached hydrogen (secondary N) is 2. The van der Waals surface area contributed by atoms with Crippen molar-refractivity contribution in [1.29, 1.82) is 0 Å². The van der Waals surface area contributed by atoms with Crippen molar-refractivity contribution < 1.29 is 17.9 Å². The van der Waals surface area contributed by atoms with Crippen molar-refractivity contribution in [2.24, 2.45) is 0 Å². The van der Waals surface area contributed by atoms with E-state index in [-0.39, 0.29) is 22.5 Å². The molecule has 0 saturated carbocycles. The van der Waals surface area contributed by atoms with Gasteiger partial charge in [-0.25, -0.2) is 13.1 Å². The second-order valence-corrected chi connectivity index (χ2v) is 8.93. The molecule has 0 fully saturated rings. The molecular weight excluding hydrogens is 424 g/mol. The lowest BCUT2D eigenvalue weighted by atomic mass is 9.91. The van der Waals surface area contributed by atoms with Gasteiger partial charge in [0.2, 0.25) is 15.9 Å². The van der Waals surface area contributed by atoms with Crippen molar-refractivity contribution in [3.05, 3.63) is 102 Å². The third-order valence-electron chi connectivity index (χ3n) is 5.06. The highest BCUT2D eigenvalue weighted by molar-refractivity contribution is 7.89. The molecule has 0 bridgehead atoms. The summed E-state index contributed by atoms with van der Waals surface area (Å²) in [5.74, 6) is -0.0201. The molecule has 3 aromatic carbocycles. The third-order valence-corrected chi connectivity index (χ3v) is 6.49. The number of benzene rings is 3. The Labute approximate surface area is 189 Å². The van der Waals surface area contributed by atoms with Crippen LogP contribution in [0.1, 0.15) is 22.6 Å². The largest absolute Gasteiger partial charge is 0.495 e. The Morgan fingerprint density at radius 3 is 2.09 bits per heavy atom. The maximum Gasteiger partial charge on any atom is 0.244 e. The fraction of sp³-hybridized carbons (Fsp3) is 0.160. The number of hydrogen-bond acceptors (Lipinski definition) is 4. The van der Waals surface area contributed by atoms with Gasteiger partial charge in [-0.3, -0.25) is 4.79 Å². The average Bonchev–Trinajstić information content (AvgIpc) is 2.84. The van der Waals surface area contributed by atoms with Crippen LogP contribution in [0, 0.1) is 0 Å². The second-order valence-electron chi connectivity index (χ2n) is 7.07. The predicted octanol–water partition coefficient (Wildman–Crippen LogP) is 3.56. The van der Waals surface area contributed by atoms with Gasteiger partial charge in [-0.1, -0.05) is 66.7 Å². The minimum absolute atomic E-state index is 0.0123. The SMILES string of the molecule is CNS(=O)(=O)c1cc(/C=C/C(=O)NCC(c2ccccc2)c2ccccc2)ccc1OC. The molecule has 3 aromatic rings. The lowest BCUT2D eigenvalue weighted by Crippen LogP contribution is -2.27. The van der Waals surface area contributed by atoms with Gasteiger partial charge in [-0.2, -0.15) is 0 Å². The molecule has 1 amide bonds. The minimum atomic E-state index is -3.69. The molecule has 7 heteroatoms. The fourth-order valence-corrected chi connectivity index (χ4v) is 4.28. The van der Waals surface area contributed by atoms with E-state index in [4.69, 9.17) is 4.74 Å². The van der Waals surface area contributed by atoms with Crippen LogP contribution in [0.25, 0.3) is 6.08 Å². The highest BCUT2D eigenvalue weighted by Crippen LogP contribution is 2.25. The molecule has 2 N–H and O–H groups in total. The van der Waals surface area contributed by atoms with Crippen molar-refractivity contribution >= 4 is 22.0 Å². The summed E-state index contributed by atoms with van der Waals surface area (Å²) in [4.78, 5) is 12.5. The first-order valence-electron chi connectivity index (χ1n) is 10.1. The smallest absolute Gasteiger partial charge is 0.244 e. The third kappa shape index (κ3) is 5.84. The first-order valence-corrected chi connectivity index (χ1v) is 11.6. The monoisotopic (exact) mass is 450 g/mol. The summed E-state index contributed by atoms with van der Waals surface area (Å²) in [5, 5.41) is 2.95. The Hall–Kier alpha value is -3.42. The van der Waals surface area contributed by atoms with E-state index in [2.05, 4.69) is 10.0 Å². The zero-order chi connectivity index (χ0) is 23.0. The van der Waals surface area contributed by atoms with E-state index in [9.17, 15) is 13.2 Å². The number of methoxy groups -OCH3 is 1. The summed E-state index contributed by atoms with van der Waals surface area (Å²) >= 11 is 0. The molecule has 3 rings (SSSR count). The van der Waals surface area contributed by atoms with E-state index in [1.165, 1.54) is 26.3 Å². The van der Waals surface area contributed by atoms with Gasteiger partial charge >= 0.3 is 0 Å². The van der Waals surface area contributed by atoms with Gasteiger partial charge in [0.25, 0.3) is 0 Å². The summed E-state index contributed by atoms with van der Waals surface area (Å²) in [6, 6.07) is 24.7. The van der Waals surface area contributed by atoms with Crippen molar-refractivity contribution in [2.45, 2.75) is 10.8 Å². The van der Waals surface area contributed by atoms with Gasteiger partial charge in [0.15, 0.2) is 0 Å². The number of carbonyl (C=O) groups is 1. The standard InChI is InChI=1S/C25H26N2O4S/c1-26-32(29,30)24-17-19(13-15-23(24)31-2)14-16-25(28)27-18-22(20-9-5-3-6-10-20)21-11-7-4-8-12-21/h3-17,22,26H,18H2,1-2H3,(H,27,28)/b16-14+. The highest BCUT2D eigenvalue weighted by Gasteiger charge is 2.18. The lowest BCUT2D eigenvalue weighted by molar-refractivity contribution is -0.116. The van der Waals surface area contributed by atoms with Crippen molar-refractivity contribution in [2.75, 3.05) is 20.7 Å². The Morgan fingerprint density at radius 1 is 0.969 bits per heavy atom. The first-order chi connectivity index (χ1) is 15.4. The van der Waals surface area contributed by atoms with Gasteiger partial charge in [-0.05, 0) is 41.9 Å². The summed E-state index contributed by atoms with van der Waals surface area (Å²) < 4.78 is 31.9. The average molecular weight is 451 g/mol. The van der Waals surface area contributed by atoms with Crippen LogP contribution in [-0.2, 0) is 14.8 Å². The zero-order valence-electron chi connectivity index (χ0n) is 18.0. The highest BCUT2D eigenvalue weighted by atomic mass is 32.2. The van der Waals surface area contributed by atoms with E-state index < -0.39 is 10.0 Å². The normalized spacial score (nSPS) is 11.6. The van der Waals surface area contributed by atoms with Gasteiger partial charge in [0.05, 0.1) is 7.11 Å². The number of amides is 1. The number of sulfonamides is 1. The molecule has 0 radical (unpaired) electrons. The number of carbonyl (C=O) groups excluding carboxylic acids is 1. The number of hydrogen-bond donors (Lipinski definition) is 2. The molecule has 0 atom stereocenters. The molecule has 0 aliphatic heterocycles. The minimum Gasteiger partial charge on any atom is -0.495 e. The quantitative estimate of drug-likeness (QED) is 0.488. The van der Waals surface area contributed by atoms with Crippen LogP contribution in [0.5, 0.6) is 5.75 Å². The molecular formula is C25H26N2O4S. The Kier molecular flexibility index (Phi) is 7.81. The van der Waals surface area contributed by atoms with Gasteiger partial charge in [0.1, 0.15) is 10.6 Å². The van der Waals surface area contributed by atoms with E-state index in [1.54, 1.807) is 18.2 Å². The molecule has 0 saturated heterocycles. The van der Waals surface area contributed by atoms with Crippen molar-refractivity contribution in [3.63, 3.8) is 0 Å². The van der Waals surface area contributed by atoms with Crippen molar-refractivity contribution in [1.82, 2.24) is 10.0 Å². The summed E-state index contributed by atoms with van der Waals surface area (Å²) in [7, 11) is -0.955. The zero-order valence-corrected chi connectivity index (χ0v) is 18.8. The van der Waals surface area contributed by atoms with E-state index in [1.807, 2.05) is 60.7 Å². The first kappa shape index (κ1) is 23.2. The summed E-state index contributed by atoms with van der Waals surface area (Å²) in [5.41, 5.74) is 2.79. The molecule has 0 aromatic heterocycles. The maximum absolute atomic E-state index is 12.5. The lowest BCUT2D eigenvalue weighted by Gasteiger charge is -2.18. The second kappa shape index (κ2) is 10.7. The molecule has 0 heterocycles. The van der Waals surface area contributed by atoms with Crippen molar-refractivity contribution in [3.8, 4) is 5.75 Å². The van der Waals surface area contributed by atoms with E-state index >= 15 is 0 Å². The van der Waals surface area contributed by atoms with Crippen LogP contribution in [0.15, 0.2) is 89.8 Å². The van der Waals surface area contributed by atoms with Crippen LogP contribution < -0.4 is 14.8 Å². The molecule has 32 heavy (non-hydrogen) atoms. The Bertz CT molecular complexity index is 1140.